The van der Waals surface area contributed by atoms with Crippen LogP contribution in [0.2, 0.25) is 0 Å². The van der Waals surface area contributed by atoms with Crippen molar-refractivity contribution in [1.29, 1.82) is 0 Å². The molecular formula is C26H36O2S2. The van der Waals surface area contributed by atoms with Crippen molar-refractivity contribution in [3.8, 4) is 0 Å². The summed E-state index contributed by atoms with van der Waals surface area (Å²) >= 11 is 3.10. The maximum absolute atomic E-state index is 13.5. The maximum atomic E-state index is 13.5. The fraction of sp³-hybridized carbons (Fsp3) is 0.615. The van der Waals surface area contributed by atoms with Crippen LogP contribution in [0.5, 0.6) is 0 Å². The minimum atomic E-state index is 0.109. The molecule has 2 nitrogen and oxygen atoms in total. The van der Waals surface area contributed by atoms with E-state index in [1.807, 2.05) is 0 Å². The molecular weight excluding hydrogens is 408 g/mol. The molecule has 1 aliphatic rings. The maximum Gasteiger partial charge on any atom is 0.205 e. The van der Waals surface area contributed by atoms with Crippen LogP contribution in [-0.2, 0) is 12.8 Å². The summed E-state index contributed by atoms with van der Waals surface area (Å²) in [5.74, 6) is 0.218. The average molecular weight is 445 g/mol. The second-order valence-corrected chi connectivity index (χ2v) is 11.1. The van der Waals surface area contributed by atoms with Crippen LogP contribution >= 0.6 is 22.7 Å². The minimum absolute atomic E-state index is 0.109. The first-order chi connectivity index (χ1) is 14.5. The summed E-state index contributed by atoms with van der Waals surface area (Å²) in [4.78, 5) is 30.7. The molecule has 0 saturated carbocycles. The van der Waals surface area contributed by atoms with Gasteiger partial charge in [-0.05, 0) is 50.7 Å². The summed E-state index contributed by atoms with van der Waals surface area (Å²) in [7, 11) is 0. The lowest BCUT2D eigenvalue weighted by Crippen LogP contribution is -2.19. The van der Waals surface area contributed by atoms with E-state index in [9.17, 15) is 9.59 Å². The molecule has 0 amide bonds. The highest BCUT2D eigenvalue weighted by molar-refractivity contribution is 7.17. The number of unbranched alkanes of at least 4 members (excludes halogenated alkanes) is 8. The van der Waals surface area contributed by atoms with Crippen LogP contribution in [0.15, 0.2) is 0 Å². The Hall–Kier alpha value is -1.26. The number of fused-ring (bicyclic) bond motifs is 2. The van der Waals surface area contributed by atoms with Gasteiger partial charge in [-0.3, -0.25) is 9.59 Å². The lowest BCUT2D eigenvalue weighted by atomic mass is 9.87. The van der Waals surface area contributed by atoms with Crippen molar-refractivity contribution < 1.29 is 9.59 Å². The van der Waals surface area contributed by atoms with E-state index in [4.69, 9.17) is 0 Å². The Balaban J connectivity index is 1.81. The van der Waals surface area contributed by atoms with E-state index >= 15 is 0 Å². The zero-order valence-corrected chi connectivity index (χ0v) is 20.8. The molecule has 1 aliphatic carbocycles. The van der Waals surface area contributed by atoms with E-state index in [-0.39, 0.29) is 11.6 Å². The zero-order chi connectivity index (χ0) is 21.7. The second kappa shape index (κ2) is 10.9. The Morgan fingerprint density at radius 1 is 0.567 bits per heavy atom. The Kier molecular flexibility index (Phi) is 8.47. The van der Waals surface area contributed by atoms with Crippen molar-refractivity contribution in [3.05, 3.63) is 41.8 Å². The Labute approximate surface area is 190 Å². The fourth-order valence-corrected chi connectivity index (χ4v) is 6.89. The molecule has 2 heterocycles. The van der Waals surface area contributed by atoms with Gasteiger partial charge in [-0.2, -0.15) is 0 Å². The predicted octanol–water partition coefficient (Wildman–Crippen LogP) is 8.23. The molecule has 0 fully saturated rings. The first-order valence-electron chi connectivity index (χ1n) is 11.8. The molecule has 0 spiro atoms. The largest absolute Gasteiger partial charge is 0.288 e. The first-order valence-corrected chi connectivity index (χ1v) is 13.5. The summed E-state index contributed by atoms with van der Waals surface area (Å²) in [5, 5.41) is 0. The van der Waals surface area contributed by atoms with E-state index in [1.54, 1.807) is 22.7 Å². The van der Waals surface area contributed by atoms with E-state index in [1.165, 1.54) is 51.4 Å². The summed E-state index contributed by atoms with van der Waals surface area (Å²) in [5.41, 5.74) is 3.76. The first kappa shape index (κ1) is 23.4. The molecule has 0 N–H and O–H groups in total. The number of thiophene rings is 2. The average Bonchev–Trinajstić information content (AvgIpc) is 3.23. The molecule has 3 rings (SSSR count). The van der Waals surface area contributed by atoms with E-state index < -0.39 is 0 Å². The molecule has 2 aromatic rings. The molecule has 164 valence electrons. The van der Waals surface area contributed by atoms with Gasteiger partial charge < -0.3 is 0 Å². The van der Waals surface area contributed by atoms with Gasteiger partial charge >= 0.3 is 0 Å². The van der Waals surface area contributed by atoms with Crippen LogP contribution in [0.4, 0.5) is 0 Å². The van der Waals surface area contributed by atoms with Crippen molar-refractivity contribution in [3.63, 3.8) is 0 Å². The van der Waals surface area contributed by atoms with Crippen LogP contribution in [0.3, 0.4) is 0 Å². The molecule has 0 saturated heterocycles. The predicted molar refractivity (Wildman–Crippen MR) is 130 cm³/mol. The number of hydrogen-bond acceptors (Lipinski definition) is 4. The van der Waals surface area contributed by atoms with Crippen molar-refractivity contribution in [2.75, 3.05) is 0 Å². The number of carbonyl (C=O) groups excluding carboxylic acids is 2. The number of aryl methyl sites for hydroxylation is 2. The van der Waals surface area contributed by atoms with Gasteiger partial charge in [-0.15, -0.1) is 22.7 Å². The zero-order valence-electron chi connectivity index (χ0n) is 19.1. The Bertz CT molecular complexity index is 827. The SMILES string of the molecule is CCCCCCCc1c(C)sc2c1C(=O)c1sc(C)c(CCCCCCC)c1C2=O. The van der Waals surface area contributed by atoms with Gasteiger partial charge in [-0.1, -0.05) is 65.2 Å². The Morgan fingerprint density at radius 3 is 1.30 bits per heavy atom. The molecule has 4 heteroatoms. The van der Waals surface area contributed by atoms with Crippen molar-refractivity contribution in [2.24, 2.45) is 0 Å². The number of hydrogen-bond donors (Lipinski definition) is 0. The van der Waals surface area contributed by atoms with Crippen LogP contribution < -0.4 is 0 Å². The van der Waals surface area contributed by atoms with Gasteiger partial charge in [-0.25, -0.2) is 0 Å². The van der Waals surface area contributed by atoms with E-state index in [0.29, 0.717) is 9.75 Å². The topological polar surface area (TPSA) is 34.1 Å². The summed E-state index contributed by atoms with van der Waals surface area (Å²) < 4.78 is 0. The minimum Gasteiger partial charge on any atom is -0.288 e. The summed E-state index contributed by atoms with van der Waals surface area (Å²) in [6.07, 6.45) is 14.0. The van der Waals surface area contributed by atoms with Gasteiger partial charge in [0.25, 0.3) is 0 Å². The van der Waals surface area contributed by atoms with Gasteiger partial charge in [0.2, 0.25) is 11.6 Å². The third-order valence-corrected chi connectivity index (χ3v) is 8.64. The van der Waals surface area contributed by atoms with Crippen molar-refractivity contribution >= 4 is 34.2 Å². The van der Waals surface area contributed by atoms with Gasteiger partial charge in [0, 0.05) is 20.9 Å². The second-order valence-electron chi connectivity index (χ2n) is 8.67. The normalized spacial score (nSPS) is 13.1. The summed E-state index contributed by atoms with van der Waals surface area (Å²) in [6.45, 7) is 8.62. The van der Waals surface area contributed by atoms with Gasteiger partial charge in [0.1, 0.15) is 0 Å². The molecule has 0 aliphatic heterocycles. The third-order valence-electron chi connectivity index (χ3n) is 6.35. The fourth-order valence-electron chi connectivity index (χ4n) is 4.60. The standard InChI is InChI=1S/C26H36O2S2/c1-5-7-9-11-13-15-19-17(3)29-25-21(19)23(27)26-22(24(25)28)20(18(4)30-26)16-14-12-10-8-6-2/h5-16H2,1-4H3. The van der Waals surface area contributed by atoms with Crippen molar-refractivity contribution in [1.82, 2.24) is 0 Å². The molecule has 0 unspecified atom stereocenters. The van der Waals surface area contributed by atoms with Gasteiger partial charge in [0.05, 0.1) is 9.75 Å². The molecule has 0 atom stereocenters. The third kappa shape index (κ3) is 4.80. The van der Waals surface area contributed by atoms with Crippen molar-refractivity contribution in [2.45, 2.75) is 105 Å². The lowest BCUT2D eigenvalue weighted by molar-refractivity contribution is 0.0984. The lowest BCUT2D eigenvalue weighted by Gasteiger charge is -2.14. The Morgan fingerprint density at radius 2 is 0.933 bits per heavy atom. The highest BCUT2D eigenvalue weighted by Gasteiger charge is 2.38. The number of ketones is 2. The van der Waals surface area contributed by atoms with Crippen LogP contribution in [0, 0.1) is 13.8 Å². The number of rotatable bonds is 12. The number of carbonyl (C=O) groups is 2. The van der Waals surface area contributed by atoms with Gasteiger partial charge in [0.15, 0.2) is 0 Å². The molecule has 30 heavy (non-hydrogen) atoms. The van der Waals surface area contributed by atoms with Crippen LogP contribution in [0.1, 0.15) is 129 Å². The molecule has 2 aromatic heterocycles. The monoisotopic (exact) mass is 444 g/mol. The molecule has 0 bridgehead atoms. The van der Waals surface area contributed by atoms with E-state index in [2.05, 4.69) is 27.7 Å². The van der Waals surface area contributed by atoms with Crippen LogP contribution in [0.25, 0.3) is 0 Å². The van der Waals surface area contributed by atoms with E-state index in [0.717, 1.165) is 57.7 Å². The highest BCUT2D eigenvalue weighted by Crippen LogP contribution is 2.42. The molecule has 0 radical (unpaired) electrons. The summed E-state index contributed by atoms with van der Waals surface area (Å²) in [6, 6.07) is 0. The molecule has 0 aromatic carbocycles. The quantitative estimate of drug-likeness (QED) is 0.264. The smallest absolute Gasteiger partial charge is 0.205 e. The van der Waals surface area contributed by atoms with Crippen LogP contribution in [-0.4, -0.2) is 11.6 Å². The highest BCUT2D eigenvalue weighted by atomic mass is 32.1.